The summed E-state index contributed by atoms with van der Waals surface area (Å²) in [7, 11) is 0. The van der Waals surface area contributed by atoms with Gasteiger partial charge in [0, 0.05) is 30.3 Å². The predicted octanol–water partition coefficient (Wildman–Crippen LogP) is 16.0. The Labute approximate surface area is 375 Å². The molecule has 0 atom stereocenters. The van der Waals surface area contributed by atoms with Gasteiger partial charge in [0.05, 0.1) is 24.5 Å². The summed E-state index contributed by atoms with van der Waals surface area (Å²) >= 11 is 42.6. The Bertz CT molecular complexity index is 1740. The van der Waals surface area contributed by atoms with Crippen molar-refractivity contribution in [2.75, 3.05) is 0 Å². The lowest BCUT2D eigenvalue weighted by atomic mass is 10.3. The standard InChI is InChI=1S/5C6H2ClF3S.5FH/c5*7-4-2(8)1-3(9)6(11)5(4)10;;;;;/h5*1,11H;5*1H. The van der Waals surface area contributed by atoms with E-state index in [1.807, 2.05) is 0 Å². The number of hydrogen-bond acceptors (Lipinski definition) is 5. The molecule has 0 unspecified atom stereocenters. The van der Waals surface area contributed by atoms with Crippen molar-refractivity contribution < 1.29 is 89.4 Å². The van der Waals surface area contributed by atoms with Gasteiger partial charge in [0.1, 0.15) is 83.3 Å². The monoisotopic (exact) mass is 1090 g/mol. The maximum absolute atomic E-state index is 12.6. The zero-order chi connectivity index (χ0) is 43.0. The minimum atomic E-state index is -1.17. The summed E-state index contributed by atoms with van der Waals surface area (Å²) in [5.74, 6) is -16.8. The Morgan fingerprint density at radius 1 is 0.233 bits per heavy atom. The topological polar surface area (TPSA) is 0 Å². The molecule has 0 fully saturated rings. The molecule has 60 heavy (non-hydrogen) atoms. The second-order valence-corrected chi connectivity index (χ2v) is 13.2. The maximum atomic E-state index is 12.6. The van der Waals surface area contributed by atoms with Crippen LogP contribution >= 0.6 is 121 Å². The molecule has 5 aromatic carbocycles. The summed E-state index contributed by atoms with van der Waals surface area (Å²) in [5, 5.41) is -3.70. The molecule has 0 saturated carbocycles. The van der Waals surface area contributed by atoms with Gasteiger partial charge in [0.25, 0.3) is 0 Å². The first-order valence-electron chi connectivity index (χ1n) is 12.8. The molecule has 0 radical (unpaired) electrons. The average molecular weight is 1090 g/mol. The summed E-state index contributed by atoms with van der Waals surface area (Å²) in [6.45, 7) is 0. The number of benzene rings is 5. The molecule has 0 saturated heterocycles. The molecule has 340 valence electrons. The summed E-state index contributed by atoms with van der Waals surface area (Å²) < 4.78 is 187. The van der Waals surface area contributed by atoms with Gasteiger partial charge in [-0.2, -0.15) is 0 Å². The van der Waals surface area contributed by atoms with E-state index in [-0.39, 0.29) is 23.5 Å². The van der Waals surface area contributed by atoms with Crippen LogP contribution in [0, 0.1) is 87.3 Å². The van der Waals surface area contributed by atoms with E-state index >= 15 is 0 Å². The Morgan fingerprint density at radius 2 is 0.333 bits per heavy atom. The van der Waals surface area contributed by atoms with Crippen LogP contribution in [0.4, 0.5) is 89.4 Å². The Morgan fingerprint density at radius 3 is 0.433 bits per heavy atom. The Balaban J connectivity index is -0.000000206. The maximum Gasteiger partial charge on any atom is 0.161 e. The van der Waals surface area contributed by atoms with E-state index < -0.39 is 137 Å². The second kappa shape index (κ2) is 29.3. The van der Waals surface area contributed by atoms with E-state index in [0.717, 1.165) is 0 Å². The van der Waals surface area contributed by atoms with Gasteiger partial charge < -0.3 is 0 Å². The SMILES string of the molecule is F.F.F.F.F.Fc1cc(F)c(Cl)c(F)c1S.Fc1cc(F)c(Cl)c(F)c1S.Fc1cc(F)c(Cl)c(F)c1S.Fc1cc(F)c(Cl)c(F)c1S.Fc1cc(F)c(Cl)c(F)c1S. The number of rotatable bonds is 0. The molecule has 5 rings (SSSR count). The minimum Gasteiger partial charge on any atom is -0.269 e. The lowest BCUT2D eigenvalue weighted by molar-refractivity contribution is 0.511. The first-order chi connectivity index (χ1) is 25.2. The molecule has 0 aliphatic carbocycles. The molecule has 5 aromatic rings. The van der Waals surface area contributed by atoms with Gasteiger partial charge in [-0.05, 0) is 0 Å². The van der Waals surface area contributed by atoms with E-state index in [0.29, 0.717) is 30.3 Å². The summed E-state index contributed by atoms with van der Waals surface area (Å²) in [5.41, 5.74) is 0. The Hall–Kier alpha value is -2.10. The number of thiol groups is 5. The molecule has 0 heterocycles. The fourth-order valence-corrected chi connectivity index (χ4v) is 4.74. The quantitative estimate of drug-likeness (QED) is 0.0434. The van der Waals surface area contributed by atoms with Crippen molar-refractivity contribution in [3.05, 3.63) is 143 Å². The fraction of sp³-hybridized carbons (Fsp3) is 0. The van der Waals surface area contributed by atoms with Crippen LogP contribution < -0.4 is 0 Å². The van der Waals surface area contributed by atoms with Gasteiger partial charge in [0.15, 0.2) is 29.1 Å². The molecular weight excluding hydrogens is 1080 g/mol. The molecule has 0 amide bonds. The largest absolute Gasteiger partial charge is 0.269 e. The van der Waals surface area contributed by atoms with Gasteiger partial charge >= 0.3 is 0 Å². The minimum absolute atomic E-state index is 0. The molecule has 0 bridgehead atoms. The van der Waals surface area contributed by atoms with Gasteiger partial charge in [-0.25, -0.2) is 65.9 Å². The van der Waals surface area contributed by atoms with E-state index in [4.69, 9.17) is 58.0 Å². The predicted molar refractivity (Wildman–Crippen MR) is 205 cm³/mol. The van der Waals surface area contributed by atoms with Crippen molar-refractivity contribution in [2.24, 2.45) is 0 Å². The summed E-state index contributed by atoms with van der Waals surface area (Å²) in [6.07, 6.45) is 0. The molecule has 0 N–H and O–H groups in total. The zero-order valence-electron chi connectivity index (χ0n) is 27.2. The third-order valence-electron chi connectivity index (χ3n) is 5.45. The van der Waals surface area contributed by atoms with Gasteiger partial charge in [-0.3, -0.25) is 23.5 Å². The van der Waals surface area contributed by atoms with Gasteiger partial charge in [-0.15, -0.1) is 63.1 Å². The zero-order valence-corrected chi connectivity index (χ0v) is 35.5. The first kappa shape index (κ1) is 67.0. The molecule has 0 aliphatic rings. The highest BCUT2D eigenvalue weighted by Crippen LogP contribution is 2.30. The highest BCUT2D eigenvalue weighted by molar-refractivity contribution is 7.81. The smallest absolute Gasteiger partial charge is 0.161 e. The second-order valence-electron chi connectivity index (χ2n) is 9.08. The molecular formula is C30H15Cl5F20S5. The lowest BCUT2D eigenvalue weighted by Crippen LogP contribution is -1.90. The fourth-order valence-electron chi connectivity index (χ4n) is 2.78. The van der Waals surface area contributed by atoms with Crippen molar-refractivity contribution in [1.29, 1.82) is 0 Å². The molecule has 0 nitrogen and oxygen atoms in total. The third-order valence-corrected chi connectivity index (χ3v) is 9.23. The summed E-state index contributed by atoms with van der Waals surface area (Å²) in [4.78, 5) is -2.86. The molecule has 0 aromatic heterocycles. The normalized spacial score (nSPS) is 9.42. The van der Waals surface area contributed by atoms with Crippen molar-refractivity contribution >= 4 is 121 Å². The van der Waals surface area contributed by atoms with Crippen LogP contribution in [0.5, 0.6) is 0 Å². The van der Waals surface area contributed by atoms with E-state index in [1.165, 1.54) is 0 Å². The van der Waals surface area contributed by atoms with Gasteiger partial charge in [-0.1, -0.05) is 58.0 Å². The van der Waals surface area contributed by atoms with E-state index in [9.17, 15) is 65.9 Å². The molecule has 30 heteroatoms. The number of hydrogen-bond donors (Lipinski definition) is 5. The van der Waals surface area contributed by atoms with Crippen molar-refractivity contribution in [3.8, 4) is 0 Å². The van der Waals surface area contributed by atoms with E-state index in [2.05, 4.69) is 63.1 Å². The van der Waals surface area contributed by atoms with Crippen LogP contribution in [0.25, 0.3) is 0 Å². The van der Waals surface area contributed by atoms with Crippen LogP contribution in [0.2, 0.25) is 25.1 Å². The first-order valence-corrected chi connectivity index (χ1v) is 16.9. The highest BCUT2D eigenvalue weighted by atomic mass is 35.5. The van der Waals surface area contributed by atoms with Crippen molar-refractivity contribution in [2.45, 2.75) is 24.5 Å². The van der Waals surface area contributed by atoms with Gasteiger partial charge in [0.2, 0.25) is 0 Å². The average Bonchev–Trinajstić information content (AvgIpc) is 3.14. The molecule has 0 spiro atoms. The van der Waals surface area contributed by atoms with Crippen LogP contribution in [-0.4, -0.2) is 0 Å². The van der Waals surface area contributed by atoms with Crippen LogP contribution in [0.1, 0.15) is 0 Å². The van der Waals surface area contributed by atoms with Crippen LogP contribution in [0.15, 0.2) is 54.8 Å². The lowest BCUT2D eigenvalue weighted by Gasteiger charge is -1.99. The number of halogens is 25. The summed E-state index contributed by atoms with van der Waals surface area (Å²) in [6, 6.07) is 2.40. The van der Waals surface area contributed by atoms with Crippen molar-refractivity contribution in [3.63, 3.8) is 0 Å². The van der Waals surface area contributed by atoms with Crippen LogP contribution in [0.3, 0.4) is 0 Å². The van der Waals surface area contributed by atoms with E-state index in [1.54, 1.807) is 0 Å². The third kappa shape index (κ3) is 17.6. The molecule has 0 aliphatic heterocycles. The van der Waals surface area contributed by atoms with Crippen LogP contribution in [-0.2, 0) is 0 Å². The highest BCUT2D eigenvalue weighted by Gasteiger charge is 2.17. The Kier molecular flexibility index (Phi) is 32.7. The van der Waals surface area contributed by atoms with Crippen molar-refractivity contribution in [1.82, 2.24) is 0 Å².